The normalized spacial score (nSPS) is 15.1. The highest BCUT2D eigenvalue weighted by molar-refractivity contribution is 6.11. The van der Waals surface area contributed by atoms with E-state index in [9.17, 15) is 9.59 Å². The van der Waals surface area contributed by atoms with Gasteiger partial charge in [0.15, 0.2) is 0 Å². The van der Waals surface area contributed by atoms with E-state index in [1.165, 1.54) is 10.9 Å². The van der Waals surface area contributed by atoms with Crippen molar-refractivity contribution in [2.45, 2.75) is 18.9 Å². The second kappa shape index (κ2) is 8.11. The lowest BCUT2D eigenvalue weighted by atomic mass is 10.1. The molecule has 1 aliphatic heterocycles. The van der Waals surface area contributed by atoms with Crippen LogP contribution in [-0.4, -0.2) is 29.4 Å². The first-order valence-electron chi connectivity index (χ1n) is 10.5. The van der Waals surface area contributed by atoms with Gasteiger partial charge in [0.25, 0.3) is 5.91 Å². The fourth-order valence-corrected chi connectivity index (χ4v) is 4.34. The van der Waals surface area contributed by atoms with E-state index < -0.39 is 6.04 Å². The van der Waals surface area contributed by atoms with Crippen LogP contribution in [0.3, 0.4) is 0 Å². The molecule has 0 fully saturated rings. The van der Waals surface area contributed by atoms with Gasteiger partial charge in [0, 0.05) is 41.3 Å². The van der Waals surface area contributed by atoms with E-state index in [0.717, 1.165) is 23.2 Å². The van der Waals surface area contributed by atoms with E-state index in [0.29, 0.717) is 18.5 Å². The predicted molar refractivity (Wildman–Crippen MR) is 122 cm³/mol. The molecule has 0 radical (unpaired) electrons. The zero-order valence-electron chi connectivity index (χ0n) is 17.0. The number of carbonyl (C=O) groups excluding carboxylic acids is 2. The fourth-order valence-electron chi connectivity index (χ4n) is 4.34. The van der Waals surface area contributed by atoms with Crippen LogP contribution >= 0.6 is 0 Å². The van der Waals surface area contributed by atoms with Crippen molar-refractivity contribution in [3.8, 4) is 0 Å². The maximum absolute atomic E-state index is 13.3. The van der Waals surface area contributed by atoms with Crippen LogP contribution in [0.1, 0.15) is 21.5 Å². The standard InChI is InChI=1S/C26H23N3O2/c30-25(27-15-14-20-17-28-22-12-6-5-11-21(20)22)24-16-19-10-4-7-13-23(19)29(24)26(31)18-8-2-1-3-9-18/h1-13,17,24,28H,14-16H2,(H,27,30)/t24-/m1/s1. The molecule has 2 heterocycles. The smallest absolute Gasteiger partial charge is 0.259 e. The summed E-state index contributed by atoms with van der Waals surface area (Å²) in [6, 6.07) is 24.5. The molecule has 1 atom stereocenters. The molecule has 5 rings (SSSR count). The number of aromatic amines is 1. The first-order valence-corrected chi connectivity index (χ1v) is 10.5. The maximum Gasteiger partial charge on any atom is 0.259 e. The van der Waals surface area contributed by atoms with Gasteiger partial charge in [0.05, 0.1) is 0 Å². The van der Waals surface area contributed by atoms with E-state index in [1.807, 2.05) is 66.9 Å². The van der Waals surface area contributed by atoms with E-state index in [2.05, 4.69) is 16.4 Å². The van der Waals surface area contributed by atoms with Crippen LogP contribution in [0.5, 0.6) is 0 Å². The van der Waals surface area contributed by atoms with Crippen molar-refractivity contribution in [3.63, 3.8) is 0 Å². The van der Waals surface area contributed by atoms with Gasteiger partial charge in [-0.3, -0.25) is 14.5 Å². The summed E-state index contributed by atoms with van der Waals surface area (Å²) in [4.78, 5) is 31.3. The molecule has 1 aromatic heterocycles. The van der Waals surface area contributed by atoms with Crippen LogP contribution in [0.15, 0.2) is 85.1 Å². The van der Waals surface area contributed by atoms with Crippen molar-refractivity contribution < 1.29 is 9.59 Å². The molecule has 0 spiro atoms. The summed E-state index contributed by atoms with van der Waals surface area (Å²) in [5, 5.41) is 4.22. The molecule has 3 aromatic carbocycles. The summed E-state index contributed by atoms with van der Waals surface area (Å²) < 4.78 is 0. The van der Waals surface area contributed by atoms with Crippen molar-refractivity contribution in [3.05, 3.63) is 102 Å². The van der Waals surface area contributed by atoms with Crippen LogP contribution in [0.4, 0.5) is 5.69 Å². The van der Waals surface area contributed by atoms with Crippen molar-refractivity contribution in [1.29, 1.82) is 0 Å². The minimum atomic E-state index is -0.548. The number of rotatable bonds is 5. The quantitative estimate of drug-likeness (QED) is 0.521. The predicted octanol–water partition coefficient (Wildman–Crippen LogP) is 4.10. The summed E-state index contributed by atoms with van der Waals surface area (Å²) in [5.41, 5.74) is 4.67. The average molecular weight is 409 g/mol. The molecule has 4 aromatic rings. The van der Waals surface area contributed by atoms with Gasteiger partial charge in [-0.15, -0.1) is 0 Å². The van der Waals surface area contributed by atoms with Gasteiger partial charge in [0.2, 0.25) is 5.91 Å². The number of para-hydroxylation sites is 2. The Morgan fingerprint density at radius 2 is 1.68 bits per heavy atom. The fraction of sp³-hybridized carbons (Fsp3) is 0.154. The Morgan fingerprint density at radius 3 is 2.55 bits per heavy atom. The lowest BCUT2D eigenvalue weighted by molar-refractivity contribution is -0.122. The third-order valence-electron chi connectivity index (χ3n) is 5.89. The molecule has 5 nitrogen and oxygen atoms in total. The minimum Gasteiger partial charge on any atom is -0.361 e. The second-order valence-electron chi connectivity index (χ2n) is 7.79. The van der Waals surface area contributed by atoms with Crippen LogP contribution in [0, 0.1) is 0 Å². The Bertz CT molecular complexity index is 1250. The zero-order chi connectivity index (χ0) is 21.2. The SMILES string of the molecule is O=C(NCCc1c[nH]c2ccccc12)[C@H]1Cc2ccccc2N1C(=O)c1ccccc1. The number of H-pyrrole nitrogens is 1. The third kappa shape index (κ3) is 3.59. The van der Waals surface area contributed by atoms with Gasteiger partial charge >= 0.3 is 0 Å². The Morgan fingerprint density at radius 1 is 0.935 bits per heavy atom. The molecule has 0 unspecified atom stereocenters. The van der Waals surface area contributed by atoms with Crippen LogP contribution in [-0.2, 0) is 17.6 Å². The lowest BCUT2D eigenvalue weighted by Gasteiger charge is -2.25. The van der Waals surface area contributed by atoms with E-state index in [4.69, 9.17) is 0 Å². The summed E-state index contributed by atoms with van der Waals surface area (Å²) in [6.07, 6.45) is 3.24. The highest BCUT2D eigenvalue weighted by atomic mass is 16.2. The molecule has 2 N–H and O–H groups in total. The minimum absolute atomic E-state index is 0.125. The summed E-state index contributed by atoms with van der Waals surface area (Å²) in [6.45, 7) is 0.515. The van der Waals surface area contributed by atoms with Crippen molar-refractivity contribution in [2.75, 3.05) is 11.4 Å². The van der Waals surface area contributed by atoms with Gasteiger partial charge < -0.3 is 10.3 Å². The molecule has 2 amide bonds. The van der Waals surface area contributed by atoms with Crippen LogP contribution < -0.4 is 10.2 Å². The first kappa shape index (κ1) is 19.1. The molecule has 31 heavy (non-hydrogen) atoms. The number of benzene rings is 3. The van der Waals surface area contributed by atoms with Crippen molar-refractivity contribution in [2.24, 2.45) is 0 Å². The zero-order valence-corrected chi connectivity index (χ0v) is 17.0. The first-order chi connectivity index (χ1) is 15.2. The summed E-state index contributed by atoms with van der Waals surface area (Å²) in [7, 11) is 0. The van der Waals surface area contributed by atoms with Crippen LogP contribution in [0.2, 0.25) is 0 Å². The summed E-state index contributed by atoms with van der Waals surface area (Å²) in [5.74, 6) is -0.275. The highest BCUT2D eigenvalue weighted by Crippen LogP contribution is 2.33. The number of aromatic nitrogens is 1. The van der Waals surface area contributed by atoms with Gasteiger partial charge in [-0.05, 0) is 41.8 Å². The number of carbonyl (C=O) groups is 2. The average Bonchev–Trinajstić information content (AvgIpc) is 3.41. The Hall–Kier alpha value is -3.86. The monoisotopic (exact) mass is 409 g/mol. The van der Waals surface area contributed by atoms with Gasteiger partial charge in [0.1, 0.15) is 6.04 Å². The van der Waals surface area contributed by atoms with Crippen molar-refractivity contribution in [1.82, 2.24) is 10.3 Å². The molecule has 0 saturated carbocycles. The largest absolute Gasteiger partial charge is 0.361 e. The molecular formula is C26H23N3O2. The number of nitrogens with zero attached hydrogens (tertiary/aromatic N) is 1. The van der Waals surface area contributed by atoms with E-state index in [-0.39, 0.29) is 11.8 Å². The van der Waals surface area contributed by atoms with E-state index >= 15 is 0 Å². The number of hydrogen-bond donors (Lipinski definition) is 2. The highest BCUT2D eigenvalue weighted by Gasteiger charge is 2.38. The third-order valence-corrected chi connectivity index (χ3v) is 5.89. The molecule has 5 heteroatoms. The Labute approximate surface area is 180 Å². The topological polar surface area (TPSA) is 65.2 Å². The Kier molecular flexibility index (Phi) is 5.00. The number of anilines is 1. The van der Waals surface area contributed by atoms with Crippen molar-refractivity contribution >= 4 is 28.4 Å². The number of nitrogens with one attached hydrogen (secondary N) is 2. The van der Waals surface area contributed by atoms with Crippen LogP contribution in [0.25, 0.3) is 10.9 Å². The van der Waals surface area contributed by atoms with Gasteiger partial charge in [-0.1, -0.05) is 54.6 Å². The molecule has 0 saturated heterocycles. The summed E-state index contributed by atoms with van der Waals surface area (Å²) >= 11 is 0. The lowest BCUT2D eigenvalue weighted by Crippen LogP contribution is -2.48. The van der Waals surface area contributed by atoms with Gasteiger partial charge in [-0.2, -0.15) is 0 Å². The van der Waals surface area contributed by atoms with E-state index in [1.54, 1.807) is 17.0 Å². The number of amides is 2. The molecule has 0 bridgehead atoms. The van der Waals surface area contributed by atoms with Gasteiger partial charge in [-0.25, -0.2) is 0 Å². The molecule has 0 aliphatic carbocycles. The number of hydrogen-bond acceptors (Lipinski definition) is 2. The second-order valence-corrected chi connectivity index (χ2v) is 7.79. The Balaban J connectivity index is 1.33. The molecular weight excluding hydrogens is 386 g/mol. The number of fused-ring (bicyclic) bond motifs is 2. The maximum atomic E-state index is 13.3. The molecule has 154 valence electrons. The molecule has 1 aliphatic rings.